The Kier molecular flexibility index (Phi) is 6.49. The average Bonchev–Trinajstić information content (AvgIpc) is 2.61. The molecular weight excluding hydrogens is 332 g/mol. The van der Waals surface area contributed by atoms with E-state index >= 15 is 0 Å². The molecule has 0 bridgehead atoms. The van der Waals surface area contributed by atoms with Crippen LogP contribution in [0, 0.1) is 13.8 Å². The number of benzene rings is 2. The van der Waals surface area contributed by atoms with E-state index in [1.54, 1.807) is 30.3 Å². The predicted molar refractivity (Wildman–Crippen MR) is 98.9 cm³/mol. The molecule has 2 N–H and O–H groups in total. The van der Waals surface area contributed by atoms with E-state index in [1.807, 2.05) is 32.0 Å². The van der Waals surface area contributed by atoms with E-state index in [-0.39, 0.29) is 12.5 Å². The first kappa shape index (κ1) is 19.2. The molecule has 0 saturated carbocycles. The Labute approximate surface area is 152 Å². The normalized spacial score (nSPS) is 11.3. The van der Waals surface area contributed by atoms with Crippen LogP contribution in [-0.2, 0) is 14.3 Å². The van der Waals surface area contributed by atoms with Gasteiger partial charge in [-0.15, -0.1) is 0 Å². The van der Waals surface area contributed by atoms with Crippen molar-refractivity contribution in [1.82, 2.24) is 5.32 Å². The van der Waals surface area contributed by atoms with Gasteiger partial charge in [0.05, 0.1) is 0 Å². The van der Waals surface area contributed by atoms with Crippen molar-refractivity contribution in [2.45, 2.75) is 26.9 Å². The largest absolute Gasteiger partial charge is 0.451 e. The standard InChI is InChI=1S/C20H22N2O4/c1-13-7-9-17(10-8-13)22-19(24)15(3)26-18(23)12-21-20(25)16-6-4-5-14(2)11-16/h4-11,15H,12H2,1-3H3,(H,21,25)(H,22,24)/t15-/m1/s1. The van der Waals surface area contributed by atoms with Crippen LogP contribution in [0.2, 0.25) is 0 Å². The molecule has 0 heterocycles. The van der Waals surface area contributed by atoms with Gasteiger partial charge in [-0.05, 0) is 45.0 Å². The molecule has 0 fully saturated rings. The van der Waals surface area contributed by atoms with Crippen molar-refractivity contribution in [2.24, 2.45) is 0 Å². The van der Waals surface area contributed by atoms with Crippen LogP contribution in [0.3, 0.4) is 0 Å². The van der Waals surface area contributed by atoms with Crippen molar-refractivity contribution in [2.75, 3.05) is 11.9 Å². The molecule has 0 radical (unpaired) electrons. The Morgan fingerprint density at radius 2 is 1.69 bits per heavy atom. The van der Waals surface area contributed by atoms with E-state index in [2.05, 4.69) is 10.6 Å². The summed E-state index contributed by atoms with van der Waals surface area (Å²) in [6, 6.07) is 14.3. The van der Waals surface area contributed by atoms with Crippen LogP contribution in [-0.4, -0.2) is 30.4 Å². The number of nitrogens with one attached hydrogen (secondary N) is 2. The van der Waals surface area contributed by atoms with E-state index in [1.165, 1.54) is 6.92 Å². The highest BCUT2D eigenvalue weighted by Crippen LogP contribution is 2.09. The molecule has 136 valence electrons. The predicted octanol–water partition coefficient (Wildman–Crippen LogP) is 2.60. The third kappa shape index (κ3) is 5.73. The summed E-state index contributed by atoms with van der Waals surface area (Å²) in [6.45, 7) is 4.99. The topological polar surface area (TPSA) is 84.5 Å². The minimum absolute atomic E-state index is 0.311. The van der Waals surface area contributed by atoms with Crippen molar-refractivity contribution in [3.05, 3.63) is 65.2 Å². The van der Waals surface area contributed by atoms with Crippen LogP contribution in [0.15, 0.2) is 48.5 Å². The highest BCUT2D eigenvalue weighted by Gasteiger charge is 2.18. The van der Waals surface area contributed by atoms with Gasteiger partial charge in [-0.1, -0.05) is 35.4 Å². The number of anilines is 1. The molecule has 0 aliphatic carbocycles. The van der Waals surface area contributed by atoms with Gasteiger partial charge in [-0.25, -0.2) is 0 Å². The molecule has 2 aromatic rings. The Bertz CT molecular complexity index is 800. The number of carbonyl (C=O) groups excluding carboxylic acids is 3. The molecule has 2 amide bonds. The fourth-order valence-corrected chi connectivity index (χ4v) is 2.21. The number of hydrogen-bond acceptors (Lipinski definition) is 4. The Hall–Kier alpha value is -3.15. The van der Waals surface area contributed by atoms with Gasteiger partial charge in [-0.3, -0.25) is 14.4 Å². The lowest BCUT2D eigenvalue weighted by atomic mass is 10.1. The summed E-state index contributed by atoms with van der Waals surface area (Å²) >= 11 is 0. The first-order valence-corrected chi connectivity index (χ1v) is 8.27. The van der Waals surface area contributed by atoms with Crippen LogP contribution in [0.25, 0.3) is 0 Å². The number of esters is 1. The third-order valence-electron chi connectivity index (χ3n) is 3.67. The molecule has 0 spiro atoms. The quantitative estimate of drug-likeness (QED) is 0.781. The molecule has 0 aliphatic heterocycles. The number of aryl methyl sites for hydroxylation is 2. The Morgan fingerprint density at radius 1 is 1.00 bits per heavy atom. The van der Waals surface area contributed by atoms with Gasteiger partial charge in [0.1, 0.15) is 6.54 Å². The fourth-order valence-electron chi connectivity index (χ4n) is 2.21. The van der Waals surface area contributed by atoms with Crippen molar-refractivity contribution in [1.29, 1.82) is 0 Å². The monoisotopic (exact) mass is 354 g/mol. The summed E-state index contributed by atoms with van der Waals surface area (Å²) in [5.41, 5.74) is 3.10. The summed E-state index contributed by atoms with van der Waals surface area (Å²) in [5.74, 6) is -1.49. The van der Waals surface area contributed by atoms with Gasteiger partial charge < -0.3 is 15.4 Å². The van der Waals surface area contributed by atoms with E-state index in [0.717, 1.165) is 11.1 Å². The van der Waals surface area contributed by atoms with Gasteiger partial charge in [-0.2, -0.15) is 0 Å². The van der Waals surface area contributed by atoms with Crippen LogP contribution < -0.4 is 10.6 Å². The van der Waals surface area contributed by atoms with E-state index < -0.39 is 18.0 Å². The van der Waals surface area contributed by atoms with E-state index in [9.17, 15) is 14.4 Å². The second-order valence-corrected chi connectivity index (χ2v) is 6.04. The van der Waals surface area contributed by atoms with Gasteiger partial charge in [0.2, 0.25) is 0 Å². The fraction of sp³-hybridized carbons (Fsp3) is 0.250. The second-order valence-electron chi connectivity index (χ2n) is 6.04. The first-order chi connectivity index (χ1) is 12.3. The first-order valence-electron chi connectivity index (χ1n) is 8.27. The molecule has 26 heavy (non-hydrogen) atoms. The van der Waals surface area contributed by atoms with Gasteiger partial charge in [0.15, 0.2) is 6.10 Å². The molecule has 0 saturated heterocycles. The van der Waals surface area contributed by atoms with Crippen molar-refractivity contribution >= 4 is 23.5 Å². The SMILES string of the molecule is Cc1ccc(NC(=O)[C@@H](C)OC(=O)CNC(=O)c2cccc(C)c2)cc1. The lowest BCUT2D eigenvalue weighted by molar-refractivity contribution is -0.152. The van der Waals surface area contributed by atoms with Gasteiger partial charge in [0, 0.05) is 11.3 Å². The summed E-state index contributed by atoms with van der Waals surface area (Å²) < 4.78 is 5.05. The summed E-state index contributed by atoms with van der Waals surface area (Å²) in [5, 5.41) is 5.15. The van der Waals surface area contributed by atoms with E-state index in [0.29, 0.717) is 11.3 Å². The molecule has 1 atom stereocenters. The number of carbonyl (C=O) groups is 3. The average molecular weight is 354 g/mol. The summed E-state index contributed by atoms with van der Waals surface area (Å²) in [6.07, 6.45) is -0.973. The molecular formula is C20H22N2O4. The minimum Gasteiger partial charge on any atom is -0.451 e. The second kappa shape index (κ2) is 8.80. The smallest absolute Gasteiger partial charge is 0.326 e. The zero-order chi connectivity index (χ0) is 19.1. The summed E-state index contributed by atoms with van der Waals surface area (Å²) in [7, 11) is 0. The van der Waals surface area contributed by atoms with E-state index in [4.69, 9.17) is 4.74 Å². The van der Waals surface area contributed by atoms with Crippen LogP contribution in [0.4, 0.5) is 5.69 Å². The molecule has 2 rings (SSSR count). The number of ether oxygens (including phenoxy) is 1. The molecule has 0 aliphatic rings. The molecule has 0 aromatic heterocycles. The van der Waals surface area contributed by atoms with Crippen LogP contribution >= 0.6 is 0 Å². The minimum atomic E-state index is -0.973. The molecule has 6 nitrogen and oxygen atoms in total. The maximum absolute atomic E-state index is 12.1. The number of amides is 2. The van der Waals surface area contributed by atoms with Crippen molar-refractivity contribution < 1.29 is 19.1 Å². The van der Waals surface area contributed by atoms with Crippen LogP contribution in [0.1, 0.15) is 28.4 Å². The lowest BCUT2D eigenvalue weighted by Gasteiger charge is -2.14. The molecule has 0 unspecified atom stereocenters. The van der Waals surface area contributed by atoms with Crippen LogP contribution in [0.5, 0.6) is 0 Å². The van der Waals surface area contributed by atoms with Gasteiger partial charge in [0.25, 0.3) is 11.8 Å². The maximum Gasteiger partial charge on any atom is 0.326 e. The zero-order valence-electron chi connectivity index (χ0n) is 15.0. The van der Waals surface area contributed by atoms with Crippen molar-refractivity contribution in [3.63, 3.8) is 0 Å². The highest BCUT2D eigenvalue weighted by atomic mass is 16.5. The summed E-state index contributed by atoms with van der Waals surface area (Å²) in [4.78, 5) is 35.9. The Balaban J connectivity index is 1.80. The highest BCUT2D eigenvalue weighted by molar-refractivity contribution is 5.97. The maximum atomic E-state index is 12.1. The molecule has 6 heteroatoms. The third-order valence-corrected chi connectivity index (χ3v) is 3.67. The Morgan fingerprint density at radius 3 is 2.35 bits per heavy atom. The molecule has 2 aromatic carbocycles. The number of hydrogen-bond donors (Lipinski definition) is 2. The number of rotatable bonds is 6. The van der Waals surface area contributed by atoms with Gasteiger partial charge >= 0.3 is 5.97 Å². The zero-order valence-corrected chi connectivity index (χ0v) is 15.0. The lowest BCUT2D eigenvalue weighted by Crippen LogP contribution is -2.35. The van der Waals surface area contributed by atoms with Crippen molar-refractivity contribution in [3.8, 4) is 0 Å².